The fraction of sp³-hybridized carbons (Fsp3) is 0.500. The van der Waals surface area contributed by atoms with Gasteiger partial charge in [0.05, 0.1) is 12.7 Å². The standard InChI is InChI=1S/C12H18O2/c1-3-8-14-12-7-5-4-6-11(12)9-10(2)13/h4-7,10,13H,3,8-9H2,1-2H3/t10-/m1/s1. The summed E-state index contributed by atoms with van der Waals surface area (Å²) < 4.78 is 5.58. The van der Waals surface area contributed by atoms with Gasteiger partial charge in [0.25, 0.3) is 0 Å². The molecule has 0 heterocycles. The lowest BCUT2D eigenvalue weighted by Gasteiger charge is -2.11. The van der Waals surface area contributed by atoms with Crippen molar-refractivity contribution >= 4 is 0 Å². The highest BCUT2D eigenvalue weighted by Gasteiger charge is 2.05. The molecule has 0 aromatic heterocycles. The topological polar surface area (TPSA) is 29.5 Å². The van der Waals surface area contributed by atoms with Gasteiger partial charge < -0.3 is 9.84 Å². The van der Waals surface area contributed by atoms with Gasteiger partial charge in [-0.3, -0.25) is 0 Å². The first kappa shape index (κ1) is 11.1. The molecule has 1 N–H and O–H groups in total. The minimum atomic E-state index is -0.318. The molecule has 1 aromatic rings. The van der Waals surface area contributed by atoms with E-state index in [-0.39, 0.29) is 6.10 Å². The number of hydrogen-bond acceptors (Lipinski definition) is 2. The van der Waals surface area contributed by atoms with Gasteiger partial charge in [0.15, 0.2) is 0 Å². The summed E-state index contributed by atoms with van der Waals surface area (Å²) in [6.45, 7) is 4.60. The zero-order valence-electron chi connectivity index (χ0n) is 8.86. The maximum atomic E-state index is 9.30. The summed E-state index contributed by atoms with van der Waals surface area (Å²) >= 11 is 0. The Morgan fingerprint density at radius 1 is 1.36 bits per heavy atom. The molecule has 1 rings (SSSR count). The normalized spacial score (nSPS) is 12.5. The van der Waals surface area contributed by atoms with E-state index in [2.05, 4.69) is 6.92 Å². The molecule has 0 radical (unpaired) electrons. The number of rotatable bonds is 5. The second kappa shape index (κ2) is 5.66. The van der Waals surface area contributed by atoms with Crippen LogP contribution in [0.4, 0.5) is 0 Å². The van der Waals surface area contributed by atoms with Gasteiger partial charge in [0.1, 0.15) is 5.75 Å². The number of aliphatic hydroxyl groups excluding tert-OH is 1. The first-order chi connectivity index (χ1) is 6.74. The van der Waals surface area contributed by atoms with E-state index in [0.29, 0.717) is 6.42 Å². The van der Waals surface area contributed by atoms with Crippen LogP contribution in [0.1, 0.15) is 25.8 Å². The van der Waals surface area contributed by atoms with E-state index in [4.69, 9.17) is 4.74 Å². The second-order valence-electron chi connectivity index (χ2n) is 3.51. The third-order valence-electron chi connectivity index (χ3n) is 1.95. The van der Waals surface area contributed by atoms with Gasteiger partial charge in [-0.1, -0.05) is 25.1 Å². The van der Waals surface area contributed by atoms with E-state index in [1.807, 2.05) is 24.3 Å². The van der Waals surface area contributed by atoms with E-state index in [1.54, 1.807) is 6.92 Å². The lowest BCUT2D eigenvalue weighted by atomic mass is 10.1. The van der Waals surface area contributed by atoms with E-state index < -0.39 is 0 Å². The summed E-state index contributed by atoms with van der Waals surface area (Å²) in [5, 5.41) is 9.30. The van der Waals surface area contributed by atoms with Gasteiger partial charge in [0, 0.05) is 6.42 Å². The fourth-order valence-electron chi connectivity index (χ4n) is 1.34. The predicted molar refractivity (Wildman–Crippen MR) is 57.6 cm³/mol. The van der Waals surface area contributed by atoms with Crippen LogP contribution in [0.3, 0.4) is 0 Å². The highest BCUT2D eigenvalue weighted by Crippen LogP contribution is 2.19. The van der Waals surface area contributed by atoms with Gasteiger partial charge in [-0.2, -0.15) is 0 Å². The Labute approximate surface area is 85.5 Å². The molecule has 14 heavy (non-hydrogen) atoms. The average Bonchev–Trinajstić information content (AvgIpc) is 2.16. The first-order valence-electron chi connectivity index (χ1n) is 5.12. The molecule has 78 valence electrons. The molecule has 0 saturated carbocycles. The Morgan fingerprint density at radius 2 is 2.07 bits per heavy atom. The molecular weight excluding hydrogens is 176 g/mol. The molecule has 0 aliphatic carbocycles. The Morgan fingerprint density at radius 3 is 2.71 bits per heavy atom. The summed E-state index contributed by atoms with van der Waals surface area (Å²) in [6.07, 6.45) is 1.34. The Balaban J connectivity index is 2.69. The molecule has 0 aliphatic rings. The fourth-order valence-corrected chi connectivity index (χ4v) is 1.34. The van der Waals surface area contributed by atoms with Crippen molar-refractivity contribution in [3.8, 4) is 5.75 Å². The molecular formula is C12H18O2. The number of aliphatic hydroxyl groups is 1. The van der Waals surface area contributed by atoms with Crippen LogP contribution in [-0.2, 0) is 6.42 Å². The number of para-hydroxylation sites is 1. The lowest BCUT2D eigenvalue weighted by Crippen LogP contribution is -2.06. The average molecular weight is 194 g/mol. The zero-order valence-corrected chi connectivity index (χ0v) is 8.86. The molecule has 0 spiro atoms. The number of ether oxygens (including phenoxy) is 1. The lowest BCUT2D eigenvalue weighted by molar-refractivity contribution is 0.193. The SMILES string of the molecule is CCCOc1ccccc1C[C@@H](C)O. The molecule has 2 heteroatoms. The molecule has 0 bridgehead atoms. The van der Waals surface area contributed by atoms with Crippen LogP contribution in [0.25, 0.3) is 0 Å². The van der Waals surface area contributed by atoms with E-state index in [9.17, 15) is 5.11 Å². The number of benzene rings is 1. The second-order valence-corrected chi connectivity index (χ2v) is 3.51. The van der Waals surface area contributed by atoms with Crippen molar-refractivity contribution in [3.05, 3.63) is 29.8 Å². The molecule has 1 aromatic carbocycles. The van der Waals surface area contributed by atoms with Gasteiger partial charge in [-0.25, -0.2) is 0 Å². The minimum Gasteiger partial charge on any atom is -0.493 e. The van der Waals surface area contributed by atoms with Crippen molar-refractivity contribution in [1.29, 1.82) is 0 Å². The predicted octanol–water partition coefficient (Wildman–Crippen LogP) is 2.40. The third-order valence-corrected chi connectivity index (χ3v) is 1.95. The Kier molecular flexibility index (Phi) is 4.47. The van der Waals surface area contributed by atoms with E-state index in [0.717, 1.165) is 24.3 Å². The molecule has 2 nitrogen and oxygen atoms in total. The smallest absolute Gasteiger partial charge is 0.122 e. The molecule has 0 saturated heterocycles. The van der Waals surface area contributed by atoms with Crippen LogP contribution < -0.4 is 4.74 Å². The van der Waals surface area contributed by atoms with Crippen molar-refractivity contribution in [2.75, 3.05) is 6.61 Å². The summed E-state index contributed by atoms with van der Waals surface area (Å²) in [5.74, 6) is 0.898. The summed E-state index contributed by atoms with van der Waals surface area (Å²) in [5.41, 5.74) is 1.08. The maximum Gasteiger partial charge on any atom is 0.122 e. The van der Waals surface area contributed by atoms with Crippen LogP contribution in [0, 0.1) is 0 Å². The Bertz CT molecular complexity index is 269. The van der Waals surface area contributed by atoms with Crippen LogP contribution in [-0.4, -0.2) is 17.8 Å². The van der Waals surface area contributed by atoms with E-state index in [1.165, 1.54) is 0 Å². The summed E-state index contributed by atoms with van der Waals surface area (Å²) in [7, 11) is 0. The van der Waals surface area contributed by atoms with Gasteiger partial charge in [-0.15, -0.1) is 0 Å². The zero-order chi connectivity index (χ0) is 10.4. The van der Waals surface area contributed by atoms with Gasteiger partial charge >= 0.3 is 0 Å². The van der Waals surface area contributed by atoms with Crippen LogP contribution in [0.5, 0.6) is 5.75 Å². The highest BCUT2D eigenvalue weighted by atomic mass is 16.5. The van der Waals surface area contributed by atoms with Crippen molar-refractivity contribution in [3.63, 3.8) is 0 Å². The van der Waals surface area contributed by atoms with Crippen LogP contribution >= 0.6 is 0 Å². The summed E-state index contributed by atoms with van der Waals surface area (Å²) in [6, 6.07) is 7.87. The minimum absolute atomic E-state index is 0.318. The maximum absolute atomic E-state index is 9.30. The monoisotopic (exact) mass is 194 g/mol. The number of hydrogen-bond donors (Lipinski definition) is 1. The van der Waals surface area contributed by atoms with Crippen molar-refractivity contribution in [2.45, 2.75) is 32.8 Å². The highest BCUT2D eigenvalue weighted by molar-refractivity contribution is 5.33. The quantitative estimate of drug-likeness (QED) is 0.780. The van der Waals surface area contributed by atoms with Crippen molar-refractivity contribution in [2.24, 2.45) is 0 Å². The van der Waals surface area contributed by atoms with Crippen molar-refractivity contribution < 1.29 is 9.84 Å². The molecule has 0 unspecified atom stereocenters. The van der Waals surface area contributed by atoms with Crippen LogP contribution in [0.2, 0.25) is 0 Å². The van der Waals surface area contributed by atoms with Crippen molar-refractivity contribution in [1.82, 2.24) is 0 Å². The third kappa shape index (κ3) is 3.38. The van der Waals surface area contributed by atoms with Gasteiger partial charge in [0.2, 0.25) is 0 Å². The molecule has 0 fully saturated rings. The summed E-state index contributed by atoms with van der Waals surface area (Å²) in [4.78, 5) is 0. The van der Waals surface area contributed by atoms with Gasteiger partial charge in [-0.05, 0) is 25.0 Å². The molecule has 0 aliphatic heterocycles. The Hall–Kier alpha value is -1.02. The van der Waals surface area contributed by atoms with E-state index >= 15 is 0 Å². The molecule has 1 atom stereocenters. The largest absolute Gasteiger partial charge is 0.493 e. The molecule has 0 amide bonds. The van der Waals surface area contributed by atoms with Crippen LogP contribution in [0.15, 0.2) is 24.3 Å². The first-order valence-corrected chi connectivity index (χ1v) is 5.12.